The molecule has 0 bridgehead atoms. The van der Waals surface area contributed by atoms with Crippen molar-refractivity contribution >= 4 is 27.8 Å². The zero-order valence-corrected chi connectivity index (χ0v) is 12.8. The maximum atomic E-state index is 12.2. The number of aryl methyl sites for hydroxylation is 1. The van der Waals surface area contributed by atoms with Gasteiger partial charge in [-0.2, -0.15) is 11.8 Å². The number of sulfonamides is 1. The number of carbonyl (C=O) groups is 1. The molecule has 1 fully saturated rings. The summed E-state index contributed by atoms with van der Waals surface area (Å²) in [6, 6.07) is 4.16. The minimum Gasteiger partial charge on any atom is -0.478 e. The third-order valence-electron chi connectivity index (χ3n) is 3.27. The van der Waals surface area contributed by atoms with Crippen LogP contribution in [-0.2, 0) is 10.0 Å². The van der Waals surface area contributed by atoms with E-state index in [2.05, 4.69) is 4.72 Å². The van der Waals surface area contributed by atoms with Crippen molar-refractivity contribution in [3.8, 4) is 0 Å². The maximum absolute atomic E-state index is 12.2. The van der Waals surface area contributed by atoms with Gasteiger partial charge < -0.3 is 5.11 Å². The first-order valence-electron chi connectivity index (χ1n) is 6.35. The van der Waals surface area contributed by atoms with E-state index in [0.717, 1.165) is 18.6 Å². The zero-order valence-electron chi connectivity index (χ0n) is 11.1. The molecule has 1 aliphatic rings. The largest absolute Gasteiger partial charge is 0.478 e. The van der Waals surface area contributed by atoms with Crippen molar-refractivity contribution in [2.24, 2.45) is 0 Å². The molecule has 7 heteroatoms. The van der Waals surface area contributed by atoms with Crippen molar-refractivity contribution in [1.82, 2.24) is 4.72 Å². The Balaban J connectivity index is 2.16. The third kappa shape index (κ3) is 3.53. The van der Waals surface area contributed by atoms with E-state index < -0.39 is 16.0 Å². The Labute approximate surface area is 122 Å². The second-order valence-electron chi connectivity index (χ2n) is 4.77. The van der Waals surface area contributed by atoms with Crippen LogP contribution in [0.4, 0.5) is 0 Å². The summed E-state index contributed by atoms with van der Waals surface area (Å²) in [5.41, 5.74) is 0.561. The molecule has 1 saturated heterocycles. The molecule has 0 radical (unpaired) electrons. The lowest BCUT2D eigenvalue weighted by atomic mass is 10.1. The molecule has 0 amide bonds. The normalized spacial score (nSPS) is 19.1. The Morgan fingerprint density at radius 2 is 2.25 bits per heavy atom. The van der Waals surface area contributed by atoms with Crippen LogP contribution in [0.2, 0.25) is 0 Å². The van der Waals surface area contributed by atoms with Crippen LogP contribution in [0.25, 0.3) is 0 Å². The third-order valence-corrected chi connectivity index (χ3v) is 6.09. The average Bonchev–Trinajstić information content (AvgIpc) is 2.89. The number of carboxylic acids is 1. The first-order chi connectivity index (χ1) is 9.40. The molecule has 2 N–H and O–H groups in total. The predicted molar refractivity (Wildman–Crippen MR) is 78.8 cm³/mol. The van der Waals surface area contributed by atoms with Crippen LogP contribution < -0.4 is 4.72 Å². The van der Waals surface area contributed by atoms with Gasteiger partial charge in [-0.1, -0.05) is 6.07 Å². The summed E-state index contributed by atoms with van der Waals surface area (Å²) in [7, 11) is -3.65. The number of hydrogen-bond donors (Lipinski definition) is 2. The quantitative estimate of drug-likeness (QED) is 0.866. The number of nitrogens with one attached hydrogen (secondary N) is 1. The molecule has 2 rings (SSSR count). The predicted octanol–water partition coefficient (Wildman–Crippen LogP) is 1.87. The minimum atomic E-state index is -3.65. The van der Waals surface area contributed by atoms with Crippen LogP contribution in [0.3, 0.4) is 0 Å². The fraction of sp³-hybridized carbons (Fsp3) is 0.462. The lowest BCUT2D eigenvalue weighted by molar-refractivity contribution is 0.0696. The molecule has 0 spiro atoms. The van der Waals surface area contributed by atoms with E-state index in [4.69, 9.17) is 5.11 Å². The molecule has 0 aromatic heterocycles. The van der Waals surface area contributed by atoms with Crippen molar-refractivity contribution in [3.63, 3.8) is 0 Å². The molecule has 110 valence electrons. The van der Waals surface area contributed by atoms with E-state index in [1.807, 2.05) is 0 Å². The van der Waals surface area contributed by atoms with E-state index in [0.29, 0.717) is 17.4 Å². The highest BCUT2D eigenvalue weighted by molar-refractivity contribution is 8.00. The van der Waals surface area contributed by atoms with Gasteiger partial charge >= 0.3 is 5.97 Å². The van der Waals surface area contributed by atoms with Gasteiger partial charge in [0.2, 0.25) is 10.0 Å². The Bertz CT molecular complexity index is 607. The fourth-order valence-electron chi connectivity index (χ4n) is 2.09. The monoisotopic (exact) mass is 315 g/mol. The zero-order chi connectivity index (χ0) is 14.8. The van der Waals surface area contributed by atoms with Gasteiger partial charge in [0.25, 0.3) is 0 Å². The van der Waals surface area contributed by atoms with Gasteiger partial charge in [-0.25, -0.2) is 17.9 Å². The molecule has 1 aliphatic heterocycles. The highest BCUT2D eigenvalue weighted by Gasteiger charge is 2.21. The number of thioether (sulfide) groups is 1. The smallest absolute Gasteiger partial charge is 0.335 e. The van der Waals surface area contributed by atoms with E-state index in [9.17, 15) is 13.2 Å². The van der Waals surface area contributed by atoms with Crippen molar-refractivity contribution in [2.75, 3.05) is 12.3 Å². The number of carboxylic acid groups (broad SMARTS) is 1. The van der Waals surface area contributed by atoms with E-state index in [1.165, 1.54) is 18.2 Å². The number of hydrogen-bond acceptors (Lipinski definition) is 4. The van der Waals surface area contributed by atoms with Crippen LogP contribution in [0.1, 0.15) is 28.8 Å². The Kier molecular flexibility index (Phi) is 4.72. The minimum absolute atomic E-state index is 0.00324. The summed E-state index contributed by atoms with van der Waals surface area (Å²) in [5, 5.41) is 9.35. The second-order valence-corrected chi connectivity index (χ2v) is 7.94. The first-order valence-corrected chi connectivity index (χ1v) is 8.88. The van der Waals surface area contributed by atoms with Crippen LogP contribution in [-0.4, -0.2) is 37.0 Å². The second kappa shape index (κ2) is 6.15. The van der Waals surface area contributed by atoms with Crippen molar-refractivity contribution in [1.29, 1.82) is 0 Å². The highest BCUT2D eigenvalue weighted by atomic mass is 32.2. The van der Waals surface area contributed by atoms with Crippen molar-refractivity contribution in [3.05, 3.63) is 29.3 Å². The summed E-state index contributed by atoms with van der Waals surface area (Å²) >= 11 is 1.77. The molecule has 1 heterocycles. The number of rotatable bonds is 5. The van der Waals surface area contributed by atoms with Gasteiger partial charge in [0.05, 0.1) is 10.5 Å². The van der Waals surface area contributed by atoms with Gasteiger partial charge in [-0.15, -0.1) is 0 Å². The fourth-order valence-corrected chi connectivity index (χ4v) is 4.50. The lowest BCUT2D eigenvalue weighted by Crippen LogP contribution is -2.30. The van der Waals surface area contributed by atoms with E-state index in [1.54, 1.807) is 18.7 Å². The summed E-state index contributed by atoms with van der Waals surface area (Å²) in [5.74, 6) is -0.0500. The molecular weight excluding hydrogens is 298 g/mol. The van der Waals surface area contributed by atoms with Crippen molar-refractivity contribution in [2.45, 2.75) is 29.9 Å². The van der Waals surface area contributed by atoms with E-state index >= 15 is 0 Å². The summed E-state index contributed by atoms with van der Waals surface area (Å²) in [6.07, 6.45) is 2.13. The molecule has 1 atom stereocenters. The molecule has 1 aromatic carbocycles. The SMILES string of the molecule is Cc1ccc(S(=O)(=O)NCC2CCCS2)cc1C(=O)O. The average molecular weight is 315 g/mol. The standard InChI is InChI=1S/C13H17NO4S2/c1-9-4-5-11(7-12(9)13(15)16)20(17,18)14-8-10-3-2-6-19-10/h4-5,7,10,14H,2-3,6,8H2,1H3,(H,15,16). The molecule has 1 unspecified atom stereocenters. The van der Waals surface area contributed by atoms with Gasteiger partial charge in [-0.3, -0.25) is 0 Å². The molecular formula is C13H17NO4S2. The lowest BCUT2D eigenvalue weighted by Gasteiger charge is -2.11. The van der Waals surface area contributed by atoms with Gasteiger partial charge in [0, 0.05) is 11.8 Å². The van der Waals surface area contributed by atoms with Gasteiger partial charge in [0.15, 0.2) is 0 Å². The maximum Gasteiger partial charge on any atom is 0.335 e. The molecule has 0 saturated carbocycles. The summed E-state index contributed by atoms with van der Waals surface area (Å²) < 4.78 is 26.9. The Morgan fingerprint density at radius 1 is 1.50 bits per heavy atom. The topological polar surface area (TPSA) is 83.5 Å². The molecule has 1 aromatic rings. The Hall–Kier alpha value is -1.05. The van der Waals surface area contributed by atoms with Gasteiger partial charge in [-0.05, 0) is 43.2 Å². The molecule has 5 nitrogen and oxygen atoms in total. The molecule has 20 heavy (non-hydrogen) atoms. The summed E-state index contributed by atoms with van der Waals surface area (Å²) in [4.78, 5) is 11.1. The Morgan fingerprint density at radius 3 is 2.85 bits per heavy atom. The summed E-state index contributed by atoms with van der Waals surface area (Å²) in [6.45, 7) is 2.03. The van der Waals surface area contributed by atoms with E-state index in [-0.39, 0.29) is 10.5 Å². The first kappa shape index (κ1) is 15.3. The molecule has 0 aliphatic carbocycles. The van der Waals surface area contributed by atoms with Crippen molar-refractivity contribution < 1.29 is 18.3 Å². The van der Waals surface area contributed by atoms with Crippen LogP contribution in [0, 0.1) is 6.92 Å². The number of benzene rings is 1. The van der Waals surface area contributed by atoms with Crippen LogP contribution in [0.5, 0.6) is 0 Å². The van der Waals surface area contributed by atoms with Crippen LogP contribution in [0.15, 0.2) is 23.1 Å². The number of aromatic carboxylic acids is 1. The van der Waals surface area contributed by atoms with Gasteiger partial charge in [0.1, 0.15) is 0 Å². The van der Waals surface area contributed by atoms with Crippen LogP contribution >= 0.6 is 11.8 Å². The highest BCUT2D eigenvalue weighted by Crippen LogP contribution is 2.25.